The number of carbonyl (C=O) groups is 1. The second kappa shape index (κ2) is 4.56. The SMILES string of the molecule is N#CC1(C(=O)N[C@@H](CO)c2ccccc2)CC1. The minimum Gasteiger partial charge on any atom is -0.394 e. The van der Waals surface area contributed by atoms with Crippen molar-refractivity contribution < 1.29 is 9.90 Å². The number of amides is 1. The van der Waals surface area contributed by atoms with Crippen LogP contribution >= 0.6 is 0 Å². The average Bonchev–Trinajstić information content (AvgIpc) is 3.17. The maximum atomic E-state index is 11.9. The van der Waals surface area contributed by atoms with E-state index >= 15 is 0 Å². The standard InChI is InChI=1S/C13H14N2O2/c14-9-13(6-7-13)12(17)15-11(8-16)10-4-2-1-3-5-10/h1-5,11,16H,6-8H2,(H,15,17)/t11-/m0/s1. The lowest BCUT2D eigenvalue weighted by atomic mass is 10.0. The van der Waals surface area contributed by atoms with Crippen LogP contribution in [0.2, 0.25) is 0 Å². The summed E-state index contributed by atoms with van der Waals surface area (Å²) in [6, 6.07) is 10.9. The number of hydrogen-bond acceptors (Lipinski definition) is 3. The molecule has 0 aliphatic heterocycles. The monoisotopic (exact) mass is 230 g/mol. The van der Waals surface area contributed by atoms with Gasteiger partial charge in [-0.1, -0.05) is 30.3 Å². The number of benzene rings is 1. The van der Waals surface area contributed by atoms with E-state index in [0.29, 0.717) is 12.8 Å². The number of nitriles is 1. The van der Waals surface area contributed by atoms with Crippen LogP contribution in [-0.2, 0) is 4.79 Å². The van der Waals surface area contributed by atoms with Gasteiger partial charge in [-0.15, -0.1) is 0 Å². The molecule has 88 valence electrons. The molecule has 0 saturated heterocycles. The predicted molar refractivity (Wildman–Crippen MR) is 61.7 cm³/mol. The second-order valence-corrected chi connectivity index (χ2v) is 4.31. The van der Waals surface area contributed by atoms with Crippen molar-refractivity contribution in [1.82, 2.24) is 5.32 Å². The van der Waals surface area contributed by atoms with E-state index in [2.05, 4.69) is 5.32 Å². The quantitative estimate of drug-likeness (QED) is 0.814. The molecule has 1 saturated carbocycles. The maximum absolute atomic E-state index is 11.9. The van der Waals surface area contributed by atoms with Gasteiger partial charge in [0.15, 0.2) is 0 Å². The lowest BCUT2D eigenvalue weighted by Gasteiger charge is -2.18. The second-order valence-electron chi connectivity index (χ2n) is 4.31. The summed E-state index contributed by atoms with van der Waals surface area (Å²) in [5, 5.41) is 20.9. The van der Waals surface area contributed by atoms with Crippen LogP contribution in [0.5, 0.6) is 0 Å². The molecule has 2 rings (SSSR count). The molecule has 1 aliphatic rings. The first-order valence-corrected chi connectivity index (χ1v) is 5.60. The molecule has 1 aromatic rings. The summed E-state index contributed by atoms with van der Waals surface area (Å²) >= 11 is 0. The van der Waals surface area contributed by atoms with Gasteiger partial charge in [0.2, 0.25) is 5.91 Å². The Labute approximate surface area is 99.9 Å². The van der Waals surface area contributed by atoms with Gasteiger partial charge >= 0.3 is 0 Å². The van der Waals surface area contributed by atoms with Crippen LogP contribution in [-0.4, -0.2) is 17.6 Å². The fourth-order valence-electron chi connectivity index (χ4n) is 1.73. The molecule has 1 aromatic carbocycles. The van der Waals surface area contributed by atoms with Crippen LogP contribution in [0.25, 0.3) is 0 Å². The number of nitrogens with one attached hydrogen (secondary N) is 1. The zero-order chi connectivity index (χ0) is 12.3. The largest absolute Gasteiger partial charge is 0.394 e. The minimum atomic E-state index is -0.845. The van der Waals surface area contributed by atoms with E-state index in [0.717, 1.165) is 5.56 Å². The molecule has 0 heterocycles. The molecule has 4 nitrogen and oxygen atoms in total. The number of aliphatic hydroxyl groups is 1. The summed E-state index contributed by atoms with van der Waals surface area (Å²) in [6.07, 6.45) is 1.23. The van der Waals surface area contributed by atoms with Gasteiger partial charge in [0, 0.05) is 0 Å². The fourth-order valence-corrected chi connectivity index (χ4v) is 1.73. The van der Waals surface area contributed by atoms with Gasteiger partial charge in [-0.25, -0.2) is 0 Å². The Kier molecular flexibility index (Phi) is 3.12. The summed E-state index contributed by atoms with van der Waals surface area (Å²) in [4.78, 5) is 11.9. The van der Waals surface area contributed by atoms with E-state index in [1.165, 1.54) is 0 Å². The van der Waals surface area contributed by atoms with Gasteiger partial charge in [-0.2, -0.15) is 5.26 Å². The van der Waals surface area contributed by atoms with E-state index in [4.69, 9.17) is 5.26 Å². The average molecular weight is 230 g/mol. The highest BCUT2D eigenvalue weighted by molar-refractivity contribution is 5.88. The van der Waals surface area contributed by atoms with Crippen LogP contribution in [0.3, 0.4) is 0 Å². The molecule has 0 unspecified atom stereocenters. The number of hydrogen-bond donors (Lipinski definition) is 2. The topological polar surface area (TPSA) is 73.1 Å². The van der Waals surface area contributed by atoms with Crippen molar-refractivity contribution in [3.8, 4) is 6.07 Å². The van der Waals surface area contributed by atoms with E-state index in [1.807, 2.05) is 36.4 Å². The number of carbonyl (C=O) groups excluding carboxylic acids is 1. The van der Waals surface area contributed by atoms with Gasteiger partial charge in [0.05, 0.1) is 18.7 Å². The van der Waals surface area contributed by atoms with E-state index in [-0.39, 0.29) is 12.5 Å². The van der Waals surface area contributed by atoms with Crippen LogP contribution in [0.15, 0.2) is 30.3 Å². The van der Waals surface area contributed by atoms with Crippen LogP contribution in [0.1, 0.15) is 24.4 Å². The summed E-state index contributed by atoms with van der Waals surface area (Å²) in [5.74, 6) is -0.275. The molecule has 1 aliphatic carbocycles. The van der Waals surface area contributed by atoms with Crippen molar-refractivity contribution in [2.24, 2.45) is 5.41 Å². The smallest absolute Gasteiger partial charge is 0.241 e. The molecule has 4 heteroatoms. The molecular formula is C13H14N2O2. The van der Waals surface area contributed by atoms with Gasteiger partial charge < -0.3 is 10.4 Å². The van der Waals surface area contributed by atoms with Gasteiger partial charge in [-0.3, -0.25) is 4.79 Å². The zero-order valence-corrected chi connectivity index (χ0v) is 9.39. The minimum absolute atomic E-state index is 0.169. The van der Waals surface area contributed by atoms with Crippen molar-refractivity contribution in [2.45, 2.75) is 18.9 Å². The molecule has 0 aromatic heterocycles. The third kappa shape index (κ3) is 2.29. The highest BCUT2D eigenvalue weighted by atomic mass is 16.3. The lowest BCUT2D eigenvalue weighted by molar-refractivity contribution is -0.125. The number of nitrogens with zero attached hydrogens (tertiary/aromatic N) is 1. The van der Waals surface area contributed by atoms with E-state index in [9.17, 15) is 9.90 Å². The Balaban J connectivity index is 2.07. The third-order valence-corrected chi connectivity index (χ3v) is 3.09. The molecular weight excluding hydrogens is 216 g/mol. The van der Waals surface area contributed by atoms with E-state index in [1.54, 1.807) is 0 Å². The number of aliphatic hydroxyl groups excluding tert-OH is 1. The number of rotatable bonds is 4. The molecule has 1 atom stereocenters. The van der Waals surface area contributed by atoms with Crippen LogP contribution in [0.4, 0.5) is 0 Å². The Morgan fingerprint density at radius 2 is 2.12 bits per heavy atom. The first-order chi connectivity index (χ1) is 8.22. The zero-order valence-electron chi connectivity index (χ0n) is 9.39. The predicted octanol–water partition coefficient (Wildman–Crippen LogP) is 1.14. The van der Waals surface area contributed by atoms with Crippen LogP contribution < -0.4 is 5.32 Å². The Morgan fingerprint density at radius 3 is 2.59 bits per heavy atom. The molecule has 1 amide bonds. The highest BCUT2D eigenvalue weighted by Crippen LogP contribution is 2.45. The maximum Gasteiger partial charge on any atom is 0.241 e. The molecule has 0 radical (unpaired) electrons. The summed E-state index contributed by atoms with van der Waals surface area (Å²) in [6.45, 7) is -0.169. The van der Waals surface area contributed by atoms with Crippen molar-refractivity contribution in [3.63, 3.8) is 0 Å². The summed E-state index contributed by atoms with van der Waals surface area (Å²) in [7, 11) is 0. The fraction of sp³-hybridized carbons (Fsp3) is 0.385. The summed E-state index contributed by atoms with van der Waals surface area (Å²) in [5.41, 5.74) is -0.000512. The van der Waals surface area contributed by atoms with Crippen molar-refractivity contribution in [1.29, 1.82) is 5.26 Å². The molecule has 0 spiro atoms. The first-order valence-electron chi connectivity index (χ1n) is 5.60. The van der Waals surface area contributed by atoms with E-state index < -0.39 is 11.5 Å². The molecule has 0 bridgehead atoms. The third-order valence-electron chi connectivity index (χ3n) is 3.09. The highest BCUT2D eigenvalue weighted by Gasteiger charge is 2.51. The Morgan fingerprint density at radius 1 is 1.47 bits per heavy atom. The molecule has 17 heavy (non-hydrogen) atoms. The normalized spacial score (nSPS) is 17.9. The van der Waals surface area contributed by atoms with Gasteiger partial charge in [0.25, 0.3) is 0 Å². The van der Waals surface area contributed by atoms with Crippen molar-refractivity contribution in [2.75, 3.05) is 6.61 Å². The van der Waals surface area contributed by atoms with Crippen LogP contribution in [0, 0.1) is 16.7 Å². The molecule has 2 N–H and O–H groups in total. The van der Waals surface area contributed by atoms with Crippen molar-refractivity contribution >= 4 is 5.91 Å². The molecule has 1 fully saturated rings. The Bertz CT molecular complexity index is 446. The van der Waals surface area contributed by atoms with Crippen molar-refractivity contribution in [3.05, 3.63) is 35.9 Å². The first kappa shape index (κ1) is 11.6. The van der Waals surface area contributed by atoms with Gasteiger partial charge in [0.1, 0.15) is 5.41 Å². The van der Waals surface area contributed by atoms with Gasteiger partial charge in [-0.05, 0) is 18.4 Å². The Hall–Kier alpha value is -1.86. The lowest BCUT2D eigenvalue weighted by Crippen LogP contribution is -2.36. The summed E-state index contributed by atoms with van der Waals surface area (Å²) < 4.78 is 0.